The molecule has 22 heavy (non-hydrogen) atoms. The molecule has 3 nitrogen and oxygen atoms in total. The Labute approximate surface area is 131 Å². The van der Waals surface area contributed by atoms with Crippen molar-refractivity contribution in [3.63, 3.8) is 0 Å². The number of hydrogen-bond acceptors (Lipinski definition) is 3. The molecule has 0 aliphatic carbocycles. The van der Waals surface area contributed by atoms with Gasteiger partial charge in [-0.15, -0.1) is 0 Å². The lowest BCUT2D eigenvalue weighted by molar-refractivity contribution is 0.0526. The topological polar surface area (TPSA) is 50.1 Å². The average Bonchev–Trinajstić information content (AvgIpc) is 2.48. The summed E-state index contributed by atoms with van der Waals surface area (Å²) in [4.78, 5) is 11.7. The van der Waals surface area contributed by atoms with Gasteiger partial charge in [0.1, 0.15) is 0 Å². The van der Waals surface area contributed by atoms with Crippen LogP contribution in [0.15, 0.2) is 30.3 Å². The summed E-state index contributed by atoms with van der Waals surface area (Å²) in [5, 5.41) is 9.33. The molecule has 0 saturated heterocycles. The monoisotopic (exact) mass is 293 g/mol. The SMILES string of the molecule is CCOC(=O)c1ccc(-c2c(C)cc(C)c(C#N)c2C)cc1. The second-order valence-electron chi connectivity index (χ2n) is 5.29. The largest absolute Gasteiger partial charge is 0.462 e. The van der Waals surface area contributed by atoms with Crippen LogP contribution >= 0.6 is 0 Å². The minimum Gasteiger partial charge on any atom is -0.462 e. The summed E-state index contributed by atoms with van der Waals surface area (Å²) in [6.45, 7) is 8.10. The number of nitrogens with zero attached hydrogens (tertiary/aromatic N) is 1. The first-order valence-corrected chi connectivity index (χ1v) is 7.28. The predicted molar refractivity (Wildman–Crippen MR) is 86.8 cm³/mol. The van der Waals surface area contributed by atoms with Crippen molar-refractivity contribution in [1.29, 1.82) is 5.26 Å². The van der Waals surface area contributed by atoms with Gasteiger partial charge in [0.05, 0.1) is 23.8 Å². The molecule has 0 amide bonds. The Morgan fingerprint density at radius 3 is 2.32 bits per heavy atom. The highest BCUT2D eigenvalue weighted by Crippen LogP contribution is 2.31. The van der Waals surface area contributed by atoms with Crippen LogP contribution in [0.2, 0.25) is 0 Å². The molecule has 2 rings (SSSR count). The molecule has 2 aromatic carbocycles. The molecule has 0 radical (unpaired) electrons. The molecule has 0 aliphatic rings. The molecule has 112 valence electrons. The number of rotatable bonds is 3. The lowest BCUT2D eigenvalue weighted by atomic mass is 9.89. The van der Waals surface area contributed by atoms with Crippen LogP contribution in [-0.2, 0) is 4.74 Å². The molecule has 0 unspecified atom stereocenters. The molecule has 0 spiro atoms. The van der Waals surface area contributed by atoms with Gasteiger partial charge in [-0.1, -0.05) is 18.2 Å². The predicted octanol–water partition coefficient (Wildman–Crippen LogP) is 4.33. The molecular weight excluding hydrogens is 274 g/mol. The number of nitriles is 1. The van der Waals surface area contributed by atoms with E-state index in [2.05, 4.69) is 6.07 Å². The third-order valence-electron chi connectivity index (χ3n) is 3.77. The van der Waals surface area contributed by atoms with Gasteiger partial charge in [0, 0.05) is 0 Å². The number of hydrogen-bond donors (Lipinski definition) is 0. The zero-order valence-electron chi connectivity index (χ0n) is 13.4. The third-order valence-corrected chi connectivity index (χ3v) is 3.77. The lowest BCUT2D eigenvalue weighted by Crippen LogP contribution is -2.04. The van der Waals surface area contributed by atoms with Crippen molar-refractivity contribution in [2.45, 2.75) is 27.7 Å². The molecule has 0 aliphatic heterocycles. The summed E-state index contributed by atoms with van der Waals surface area (Å²) >= 11 is 0. The summed E-state index contributed by atoms with van der Waals surface area (Å²) in [6, 6.07) is 11.6. The Hall–Kier alpha value is -2.60. The zero-order chi connectivity index (χ0) is 16.3. The minimum atomic E-state index is -0.316. The summed E-state index contributed by atoms with van der Waals surface area (Å²) in [5.74, 6) is -0.316. The van der Waals surface area contributed by atoms with Gasteiger partial charge in [0.2, 0.25) is 0 Å². The summed E-state index contributed by atoms with van der Waals surface area (Å²) in [7, 11) is 0. The maximum Gasteiger partial charge on any atom is 0.338 e. The van der Waals surface area contributed by atoms with Gasteiger partial charge in [0.25, 0.3) is 0 Å². The van der Waals surface area contributed by atoms with E-state index < -0.39 is 0 Å². The van der Waals surface area contributed by atoms with Crippen LogP contribution in [0.3, 0.4) is 0 Å². The highest BCUT2D eigenvalue weighted by molar-refractivity contribution is 5.90. The van der Waals surface area contributed by atoms with E-state index >= 15 is 0 Å². The summed E-state index contributed by atoms with van der Waals surface area (Å²) in [5.41, 5.74) is 6.40. The third kappa shape index (κ3) is 2.87. The van der Waals surface area contributed by atoms with Crippen molar-refractivity contribution in [2.24, 2.45) is 0 Å². The van der Waals surface area contributed by atoms with Crippen molar-refractivity contribution in [1.82, 2.24) is 0 Å². The van der Waals surface area contributed by atoms with E-state index in [9.17, 15) is 10.1 Å². The van der Waals surface area contributed by atoms with E-state index in [-0.39, 0.29) is 5.97 Å². The fourth-order valence-electron chi connectivity index (χ4n) is 2.79. The standard InChI is InChI=1S/C19H19NO2/c1-5-22-19(21)16-8-6-15(7-9-16)18-13(3)10-12(2)17(11-20)14(18)4/h6-10H,5H2,1-4H3. The van der Waals surface area contributed by atoms with Gasteiger partial charge in [-0.2, -0.15) is 5.26 Å². The number of esters is 1. The van der Waals surface area contributed by atoms with Crippen LogP contribution in [0.1, 0.15) is 39.5 Å². The highest BCUT2D eigenvalue weighted by Gasteiger charge is 2.13. The van der Waals surface area contributed by atoms with E-state index in [4.69, 9.17) is 4.74 Å². The van der Waals surface area contributed by atoms with E-state index in [0.717, 1.165) is 33.4 Å². The maximum atomic E-state index is 11.7. The fraction of sp³-hybridized carbons (Fsp3) is 0.263. The molecule has 0 N–H and O–H groups in total. The van der Waals surface area contributed by atoms with Gasteiger partial charge in [-0.25, -0.2) is 4.79 Å². The van der Waals surface area contributed by atoms with Crippen molar-refractivity contribution in [3.05, 3.63) is 58.1 Å². The number of carbonyl (C=O) groups excluding carboxylic acids is 1. The first-order valence-electron chi connectivity index (χ1n) is 7.28. The van der Waals surface area contributed by atoms with Gasteiger partial charge in [-0.05, 0) is 67.6 Å². The Bertz CT molecular complexity index is 752. The van der Waals surface area contributed by atoms with Gasteiger partial charge in [0.15, 0.2) is 0 Å². The van der Waals surface area contributed by atoms with Crippen molar-refractivity contribution in [3.8, 4) is 17.2 Å². The number of carbonyl (C=O) groups is 1. The van der Waals surface area contributed by atoms with Gasteiger partial charge >= 0.3 is 5.97 Å². The smallest absolute Gasteiger partial charge is 0.338 e. The van der Waals surface area contributed by atoms with Crippen molar-refractivity contribution in [2.75, 3.05) is 6.61 Å². The lowest BCUT2D eigenvalue weighted by Gasteiger charge is -2.14. The first-order chi connectivity index (χ1) is 10.5. The summed E-state index contributed by atoms with van der Waals surface area (Å²) < 4.78 is 4.99. The van der Waals surface area contributed by atoms with E-state index in [0.29, 0.717) is 12.2 Å². The fourth-order valence-corrected chi connectivity index (χ4v) is 2.79. The minimum absolute atomic E-state index is 0.316. The highest BCUT2D eigenvalue weighted by atomic mass is 16.5. The molecule has 0 atom stereocenters. The normalized spacial score (nSPS) is 10.1. The van der Waals surface area contributed by atoms with Crippen LogP contribution in [0.4, 0.5) is 0 Å². The van der Waals surface area contributed by atoms with Crippen LogP contribution in [-0.4, -0.2) is 12.6 Å². The molecule has 0 aromatic heterocycles. The zero-order valence-corrected chi connectivity index (χ0v) is 13.4. The molecule has 0 fully saturated rings. The van der Waals surface area contributed by atoms with Crippen LogP contribution in [0.25, 0.3) is 11.1 Å². The average molecular weight is 293 g/mol. The van der Waals surface area contributed by atoms with Crippen molar-refractivity contribution < 1.29 is 9.53 Å². The molecule has 0 saturated carbocycles. The number of aryl methyl sites for hydroxylation is 2. The van der Waals surface area contributed by atoms with Crippen LogP contribution < -0.4 is 0 Å². The van der Waals surface area contributed by atoms with Crippen molar-refractivity contribution >= 4 is 5.97 Å². The molecule has 2 aromatic rings. The number of ether oxygens (including phenoxy) is 1. The molecular formula is C19H19NO2. The Balaban J connectivity index is 2.50. The van der Waals surface area contributed by atoms with Crippen LogP contribution in [0, 0.1) is 32.1 Å². The second kappa shape index (κ2) is 6.44. The Morgan fingerprint density at radius 1 is 1.14 bits per heavy atom. The number of benzene rings is 2. The molecule has 0 heterocycles. The Kier molecular flexibility index (Phi) is 4.62. The molecule has 3 heteroatoms. The maximum absolute atomic E-state index is 11.7. The Morgan fingerprint density at radius 2 is 1.77 bits per heavy atom. The summed E-state index contributed by atoms with van der Waals surface area (Å²) in [6.07, 6.45) is 0. The van der Waals surface area contributed by atoms with Gasteiger partial charge < -0.3 is 4.74 Å². The molecule has 0 bridgehead atoms. The van der Waals surface area contributed by atoms with Gasteiger partial charge in [-0.3, -0.25) is 0 Å². The van der Waals surface area contributed by atoms with Crippen LogP contribution in [0.5, 0.6) is 0 Å². The first kappa shape index (κ1) is 15.8. The van der Waals surface area contributed by atoms with E-state index in [1.807, 2.05) is 39.0 Å². The van der Waals surface area contributed by atoms with E-state index in [1.165, 1.54) is 0 Å². The second-order valence-corrected chi connectivity index (χ2v) is 5.29. The van der Waals surface area contributed by atoms with E-state index in [1.54, 1.807) is 19.1 Å². The quantitative estimate of drug-likeness (QED) is 0.791.